The predicted molar refractivity (Wildman–Crippen MR) is 108 cm³/mol. The van der Waals surface area contributed by atoms with Crippen LogP contribution in [-0.2, 0) is 6.42 Å². The fourth-order valence-electron chi connectivity index (χ4n) is 3.23. The average Bonchev–Trinajstić information content (AvgIpc) is 3.21. The van der Waals surface area contributed by atoms with E-state index in [0.717, 1.165) is 33.5 Å². The summed E-state index contributed by atoms with van der Waals surface area (Å²) in [5.41, 5.74) is 4.63. The van der Waals surface area contributed by atoms with Crippen LogP contribution in [0, 0.1) is 0 Å². The maximum absolute atomic E-state index is 5.43. The molecule has 0 amide bonds. The Hall–Kier alpha value is -3.54. The monoisotopic (exact) mass is 375 g/mol. The molecule has 0 aliphatic carbocycles. The highest BCUT2D eigenvalue weighted by Crippen LogP contribution is 2.40. The van der Waals surface area contributed by atoms with Crippen LogP contribution in [0.5, 0.6) is 17.2 Å². The molecule has 0 fully saturated rings. The van der Waals surface area contributed by atoms with Crippen molar-refractivity contribution in [2.75, 3.05) is 21.3 Å². The second-order valence-electron chi connectivity index (χ2n) is 6.36. The van der Waals surface area contributed by atoms with Gasteiger partial charge in [0, 0.05) is 28.8 Å². The molecule has 0 saturated carbocycles. The fourth-order valence-corrected chi connectivity index (χ4v) is 3.23. The molecule has 142 valence electrons. The Kier molecular flexibility index (Phi) is 4.85. The Morgan fingerprint density at radius 1 is 0.857 bits per heavy atom. The van der Waals surface area contributed by atoms with E-state index in [1.54, 1.807) is 21.3 Å². The van der Waals surface area contributed by atoms with Crippen LogP contribution in [0.4, 0.5) is 0 Å². The van der Waals surface area contributed by atoms with Gasteiger partial charge in [-0.05, 0) is 30.3 Å². The minimum absolute atomic E-state index is 0.560. The molecule has 0 aliphatic heterocycles. The molecule has 4 aromatic rings. The summed E-state index contributed by atoms with van der Waals surface area (Å²) in [6, 6.07) is 18.0. The molecule has 2 aromatic heterocycles. The summed E-state index contributed by atoms with van der Waals surface area (Å²) in [7, 11) is 4.79. The summed E-state index contributed by atoms with van der Waals surface area (Å²) < 4.78 is 16.2. The molecule has 1 N–H and O–H groups in total. The van der Waals surface area contributed by atoms with Crippen LogP contribution in [0.3, 0.4) is 0 Å². The van der Waals surface area contributed by atoms with Crippen molar-refractivity contribution < 1.29 is 14.2 Å². The Morgan fingerprint density at radius 2 is 1.61 bits per heavy atom. The van der Waals surface area contributed by atoms with E-state index in [4.69, 9.17) is 19.2 Å². The third-order valence-corrected chi connectivity index (χ3v) is 4.62. The molecule has 0 aliphatic rings. The minimum atomic E-state index is 0.560. The van der Waals surface area contributed by atoms with Gasteiger partial charge in [0.1, 0.15) is 0 Å². The molecule has 6 heteroatoms. The zero-order valence-corrected chi connectivity index (χ0v) is 16.0. The zero-order valence-electron chi connectivity index (χ0n) is 16.0. The number of nitrogens with one attached hydrogen (secondary N) is 1. The van der Waals surface area contributed by atoms with Gasteiger partial charge in [0.05, 0.1) is 32.5 Å². The number of aromatic nitrogens is 3. The van der Waals surface area contributed by atoms with Crippen molar-refractivity contribution >= 4 is 10.9 Å². The van der Waals surface area contributed by atoms with Gasteiger partial charge < -0.3 is 14.2 Å². The van der Waals surface area contributed by atoms with Crippen molar-refractivity contribution in [2.45, 2.75) is 6.42 Å². The van der Waals surface area contributed by atoms with Gasteiger partial charge in [0.25, 0.3) is 0 Å². The smallest absolute Gasteiger partial charge is 0.203 e. The lowest BCUT2D eigenvalue weighted by Crippen LogP contribution is -1.95. The average molecular weight is 375 g/mol. The lowest BCUT2D eigenvalue weighted by atomic mass is 10.1. The van der Waals surface area contributed by atoms with Crippen molar-refractivity contribution in [1.82, 2.24) is 15.2 Å². The van der Waals surface area contributed by atoms with Crippen LogP contribution in [0.15, 0.2) is 54.6 Å². The number of ether oxygens (including phenoxy) is 3. The number of benzene rings is 2. The van der Waals surface area contributed by atoms with E-state index in [1.807, 2.05) is 42.5 Å². The molecule has 0 atom stereocenters. The summed E-state index contributed by atoms with van der Waals surface area (Å²) in [5.74, 6) is 1.75. The first-order chi connectivity index (χ1) is 13.7. The second-order valence-corrected chi connectivity index (χ2v) is 6.36. The van der Waals surface area contributed by atoms with Gasteiger partial charge in [-0.3, -0.25) is 10.1 Å². The molecule has 6 nitrogen and oxygen atoms in total. The quantitative estimate of drug-likeness (QED) is 0.546. The molecule has 2 aromatic carbocycles. The number of hydrogen-bond acceptors (Lipinski definition) is 5. The third kappa shape index (κ3) is 3.36. The van der Waals surface area contributed by atoms with E-state index in [9.17, 15) is 0 Å². The third-order valence-electron chi connectivity index (χ3n) is 4.62. The first-order valence-corrected chi connectivity index (χ1v) is 8.91. The number of aromatic amines is 1. The molecular weight excluding hydrogens is 354 g/mol. The number of para-hydroxylation sites is 1. The van der Waals surface area contributed by atoms with Crippen molar-refractivity contribution in [2.24, 2.45) is 0 Å². The van der Waals surface area contributed by atoms with Gasteiger partial charge in [0.2, 0.25) is 5.75 Å². The second kappa shape index (κ2) is 7.60. The van der Waals surface area contributed by atoms with Gasteiger partial charge >= 0.3 is 0 Å². The highest BCUT2D eigenvalue weighted by Gasteiger charge is 2.15. The SMILES string of the molecule is COc1cc(-c2cc(Cc3ccc4ccccc4n3)[nH]n2)cc(OC)c1OC. The first kappa shape index (κ1) is 17.9. The van der Waals surface area contributed by atoms with E-state index in [-0.39, 0.29) is 0 Å². The minimum Gasteiger partial charge on any atom is -0.493 e. The Balaban J connectivity index is 1.63. The topological polar surface area (TPSA) is 69.3 Å². The number of rotatable bonds is 6. The van der Waals surface area contributed by atoms with E-state index in [1.165, 1.54) is 0 Å². The number of methoxy groups -OCH3 is 3. The van der Waals surface area contributed by atoms with Crippen LogP contribution >= 0.6 is 0 Å². The Morgan fingerprint density at radius 3 is 2.32 bits per heavy atom. The van der Waals surface area contributed by atoms with Crippen LogP contribution in [0.2, 0.25) is 0 Å². The number of nitrogens with zero attached hydrogens (tertiary/aromatic N) is 2. The van der Waals surface area contributed by atoms with Crippen LogP contribution < -0.4 is 14.2 Å². The molecule has 0 spiro atoms. The maximum atomic E-state index is 5.43. The van der Waals surface area contributed by atoms with Gasteiger partial charge in [-0.1, -0.05) is 24.3 Å². The van der Waals surface area contributed by atoms with E-state index >= 15 is 0 Å². The largest absolute Gasteiger partial charge is 0.493 e. The molecule has 4 rings (SSSR count). The molecule has 0 saturated heterocycles. The van der Waals surface area contributed by atoms with Crippen LogP contribution in [0.1, 0.15) is 11.4 Å². The highest BCUT2D eigenvalue weighted by molar-refractivity contribution is 5.78. The Labute approximate surface area is 163 Å². The summed E-state index contributed by atoms with van der Waals surface area (Å²) in [6.07, 6.45) is 0.669. The molecule has 0 bridgehead atoms. The standard InChI is InChI=1S/C22H21N3O3/c1-26-20-10-15(11-21(27-2)22(20)28-3)19-13-17(24-25-19)12-16-9-8-14-6-4-5-7-18(14)23-16/h4-11,13H,12H2,1-3H3,(H,24,25). The van der Waals surface area contributed by atoms with E-state index in [2.05, 4.69) is 22.3 Å². The number of pyridine rings is 1. The first-order valence-electron chi connectivity index (χ1n) is 8.91. The summed E-state index contributed by atoms with van der Waals surface area (Å²) in [4.78, 5) is 4.73. The highest BCUT2D eigenvalue weighted by atomic mass is 16.5. The van der Waals surface area contributed by atoms with Crippen molar-refractivity contribution in [3.05, 3.63) is 66.0 Å². The molecule has 0 radical (unpaired) electrons. The van der Waals surface area contributed by atoms with E-state index in [0.29, 0.717) is 23.7 Å². The normalized spacial score (nSPS) is 10.8. The van der Waals surface area contributed by atoms with Gasteiger partial charge in [-0.25, -0.2) is 0 Å². The molecule has 2 heterocycles. The number of fused-ring (bicyclic) bond motifs is 1. The number of hydrogen-bond donors (Lipinski definition) is 1. The predicted octanol–water partition coefficient (Wildman–Crippen LogP) is 4.24. The van der Waals surface area contributed by atoms with Gasteiger partial charge in [-0.15, -0.1) is 0 Å². The van der Waals surface area contributed by atoms with Gasteiger partial charge in [-0.2, -0.15) is 5.10 Å². The lowest BCUT2D eigenvalue weighted by Gasteiger charge is -2.13. The maximum Gasteiger partial charge on any atom is 0.203 e. The summed E-state index contributed by atoms with van der Waals surface area (Å²) in [5, 5.41) is 8.68. The zero-order chi connectivity index (χ0) is 19.5. The lowest BCUT2D eigenvalue weighted by molar-refractivity contribution is 0.324. The molecule has 28 heavy (non-hydrogen) atoms. The van der Waals surface area contributed by atoms with Crippen molar-refractivity contribution in [3.8, 4) is 28.5 Å². The molecule has 0 unspecified atom stereocenters. The summed E-state index contributed by atoms with van der Waals surface area (Å²) >= 11 is 0. The number of H-pyrrole nitrogens is 1. The fraction of sp³-hybridized carbons (Fsp3) is 0.182. The van der Waals surface area contributed by atoms with Crippen molar-refractivity contribution in [1.29, 1.82) is 0 Å². The summed E-state index contributed by atoms with van der Waals surface area (Å²) in [6.45, 7) is 0. The Bertz CT molecular complexity index is 1100. The van der Waals surface area contributed by atoms with Crippen LogP contribution in [-0.4, -0.2) is 36.5 Å². The van der Waals surface area contributed by atoms with Crippen LogP contribution in [0.25, 0.3) is 22.2 Å². The van der Waals surface area contributed by atoms with E-state index < -0.39 is 0 Å². The molecular formula is C22H21N3O3. The van der Waals surface area contributed by atoms with Gasteiger partial charge in [0.15, 0.2) is 11.5 Å². The van der Waals surface area contributed by atoms with Crippen molar-refractivity contribution in [3.63, 3.8) is 0 Å².